The van der Waals surface area contributed by atoms with Gasteiger partial charge >= 0.3 is 0 Å². The SMILES string of the molecule is CC1(C)c2ccccc2-c2ccc(N(c3ccc4c(c3)sc3ccccc34)c3ccc4ccc5oc6ccccc6c5c4c3)cc21. The number of hydrogen-bond acceptors (Lipinski definition) is 3. The molecule has 0 fully saturated rings. The molecule has 0 unspecified atom stereocenters. The molecule has 0 bridgehead atoms. The highest BCUT2D eigenvalue weighted by Gasteiger charge is 2.35. The summed E-state index contributed by atoms with van der Waals surface area (Å²) in [5.41, 5.74) is 10.6. The van der Waals surface area contributed by atoms with Gasteiger partial charge in [-0.05, 0) is 87.6 Å². The number of furan rings is 1. The average Bonchev–Trinajstić information content (AvgIpc) is 3.73. The van der Waals surface area contributed by atoms with Crippen LogP contribution in [0.4, 0.5) is 17.1 Å². The first kappa shape index (κ1) is 25.9. The Balaban J connectivity index is 1.23. The lowest BCUT2D eigenvalue weighted by molar-refractivity contribution is 0.660. The van der Waals surface area contributed by atoms with Crippen LogP contribution in [0.3, 0.4) is 0 Å². The van der Waals surface area contributed by atoms with Gasteiger partial charge in [0.1, 0.15) is 11.2 Å². The van der Waals surface area contributed by atoms with Crippen molar-refractivity contribution in [1.29, 1.82) is 0 Å². The van der Waals surface area contributed by atoms with Crippen molar-refractivity contribution in [2.45, 2.75) is 19.3 Å². The zero-order chi connectivity index (χ0) is 30.6. The summed E-state index contributed by atoms with van der Waals surface area (Å²) >= 11 is 1.86. The largest absolute Gasteiger partial charge is 0.456 e. The van der Waals surface area contributed by atoms with Crippen molar-refractivity contribution >= 4 is 81.3 Å². The van der Waals surface area contributed by atoms with Gasteiger partial charge < -0.3 is 9.32 Å². The maximum atomic E-state index is 6.30. The lowest BCUT2D eigenvalue weighted by Gasteiger charge is -2.28. The molecule has 0 atom stereocenters. The molecule has 218 valence electrons. The average molecular weight is 608 g/mol. The third-order valence-corrected chi connectivity index (χ3v) is 11.2. The minimum absolute atomic E-state index is 0.0890. The van der Waals surface area contributed by atoms with E-state index in [0.717, 1.165) is 33.6 Å². The first-order chi connectivity index (χ1) is 22.5. The van der Waals surface area contributed by atoms with Crippen molar-refractivity contribution < 1.29 is 4.42 Å². The van der Waals surface area contributed by atoms with Crippen LogP contribution in [-0.4, -0.2) is 0 Å². The second kappa shape index (κ2) is 9.32. The first-order valence-corrected chi connectivity index (χ1v) is 16.7. The smallest absolute Gasteiger partial charge is 0.136 e. The number of fused-ring (bicyclic) bond motifs is 11. The molecule has 1 aliphatic carbocycles. The normalized spacial score (nSPS) is 13.6. The van der Waals surface area contributed by atoms with Crippen molar-refractivity contribution in [3.05, 3.63) is 151 Å². The van der Waals surface area contributed by atoms with Gasteiger partial charge in [-0.3, -0.25) is 0 Å². The van der Waals surface area contributed by atoms with Gasteiger partial charge in [-0.2, -0.15) is 0 Å². The molecule has 2 aromatic heterocycles. The van der Waals surface area contributed by atoms with Crippen LogP contribution in [-0.2, 0) is 5.41 Å². The summed E-state index contributed by atoms with van der Waals surface area (Å²) in [7, 11) is 0. The summed E-state index contributed by atoms with van der Waals surface area (Å²) in [6.45, 7) is 4.71. The maximum Gasteiger partial charge on any atom is 0.136 e. The third-order valence-electron chi connectivity index (χ3n) is 10.0. The molecule has 2 heterocycles. The fraction of sp³-hybridized carbons (Fsp3) is 0.0698. The van der Waals surface area contributed by atoms with Crippen molar-refractivity contribution in [1.82, 2.24) is 0 Å². The van der Waals surface area contributed by atoms with Crippen LogP contribution in [0.1, 0.15) is 25.0 Å². The molecule has 0 N–H and O–H groups in total. The van der Waals surface area contributed by atoms with Crippen LogP contribution < -0.4 is 4.90 Å². The van der Waals surface area contributed by atoms with E-state index in [4.69, 9.17) is 4.42 Å². The second-order valence-corrected chi connectivity index (χ2v) is 14.0. The molecule has 3 heteroatoms. The van der Waals surface area contributed by atoms with Crippen molar-refractivity contribution in [2.24, 2.45) is 0 Å². The Morgan fingerprint density at radius 1 is 0.500 bits per heavy atom. The van der Waals surface area contributed by atoms with Crippen LogP contribution in [0.5, 0.6) is 0 Å². The fourth-order valence-corrected chi connectivity index (χ4v) is 8.94. The molecular formula is C43H29NOS. The molecule has 0 saturated heterocycles. The van der Waals surface area contributed by atoms with Gasteiger partial charge in [0.25, 0.3) is 0 Å². The van der Waals surface area contributed by atoms with Crippen molar-refractivity contribution in [3.8, 4) is 11.1 Å². The van der Waals surface area contributed by atoms with Gasteiger partial charge in [0.2, 0.25) is 0 Å². The standard InChI is InChI=1S/C43H29NOS/c1-43(2)36-12-6-3-9-30(36)31-20-18-28(24-37(31)43)44(29-19-21-33-32-10-5-8-14-40(32)46-41(33)25-29)27-17-15-26-16-22-39-42(35(26)23-27)34-11-4-7-13-38(34)45-39/h3-25H,1-2H3. The molecule has 0 radical (unpaired) electrons. The van der Waals surface area contributed by atoms with E-state index in [1.165, 1.54) is 58.6 Å². The molecule has 10 rings (SSSR count). The molecule has 1 aliphatic rings. The minimum Gasteiger partial charge on any atom is -0.456 e. The van der Waals surface area contributed by atoms with E-state index in [9.17, 15) is 0 Å². The summed E-state index contributed by atoms with van der Waals surface area (Å²) < 4.78 is 8.91. The Labute approximate surface area is 270 Å². The van der Waals surface area contributed by atoms with Gasteiger partial charge in [-0.25, -0.2) is 0 Å². The van der Waals surface area contributed by atoms with E-state index < -0.39 is 0 Å². The number of para-hydroxylation sites is 1. The second-order valence-electron chi connectivity index (χ2n) is 13.0. The topological polar surface area (TPSA) is 16.4 Å². The predicted molar refractivity (Wildman–Crippen MR) is 196 cm³/mol. The molecule has 2 nitrogen and oxygen atoms in total. The lowest BCUT2D eigenvalue weighted by Crippen LogP contribution is -2.16. The number of hydrogen-bond donors (Lipinski definition) is 0. The molecule has 0 spiro atoms. The highest BCUT2D eigenvalue weighted by atomic mass is 32.1. The number of rotatable bonds is 3. The highest BCUT2D eigenvalue weighted by Crippen LogP contribution is 2.51. The van der Waals surface area contributed by atoms with Gasteiger partial charge in [0.15, 0.2) is 0 Å². The first-order valence-electron chi connectivity index (χ1n) is 15.8. The summed E-state index contributed by atoms with van der Waals surface area (Å²) in [5, 5.41) is 7.34. The van der Waals surface area contributed by atoms with E-state index in [1.54, 1.807) is 0 Å². The monoisotopic (exact) mass is 607 g/mol. The Hall–Kier alpha value is -5.38. The van der Waals surface area contributed by atoms with Crippen molar-refractivity contribution in [3.63, 3.8) is 0 Å². The minimum atomic E-state index is -0.0890. The molecule has 7 aromatic carbocycles. The van der Waals surface area contributed by atoms with Crippen LogP contribution in [0.2, 0.25) is 0 Å². The van der Waals surface area contributed by atoms with Gasteiger partial charge in [0, 0.05) is 53.4 Å². The maximum absolute atomic E-state index is 6.30. The number of thiophene rings is 1. The highest BCUT2D eigenvalue weighted by molar-refractivity contribution is 7.25. The van der Waals surface area contributed by atoms with E-state index in [0.29, 0.717) is 0 Å². The molecule has 0 saturated carbocycles. The summed E-state index contributed by atoms with van der Waals surface area (Å²) in [6.07, 6.45) is 0. The van der Waals surface area contributed by atoms with Crippen LogP contribution in [0.25, 0.3) is 64.0 Å². The summed E-state index contributed by atoms with van der Waals surface area (Å²) in [5.74, 6) is 0. The van der Waals surface area contributed by atoms with E-state index in [-0.39, 0.29) is 5.41 Å². The van der Waals surface area contributed by atoms with Gasteiger partial charge in [0.05, 0.1) is 0 Å². The fourth-order valence-electron chi connectivity index (χ4n) is 7.80. The van der Waals surface area contributed by atoms with Gasteiger partial charge in [-0.1, -0.05) is 98.8 Å². The molecule has 46 heavy (non-hydrogen) atoms. The van der Waals surface area contributed by atoms with E-state index in [1.807, 2.05) is 17.4 Å². The predicted octanol–water partition coefficient (Wildman–Crippen LogP) is 12.9. The Bertz CT molecular complexity index is 2690. The van der Waals surface area contributed by atoms with E-state index >= 15 is 0 Å². The van der Waals surface area contributed by atoms with E-state index in [2.05, 4.69) is 152 Å². The van der Waals surface area contributed by atoms with Crippen LogP contribution >= 0.6 is 11.3 Å². The summed E-state index contributed by atoms with van der Waals surface area (Å²) in [4.78, 5) is 2.43. The number of nitrogens with zero attached hydrogens (tertiary/aromatic N) is 1. The quantitative estimate of drug-likeness (QED) is 0.199. The van der Waals surface area contributed by atoms with Crippen LogP contribution in [0, 0.1) is 0 Å². The van der Waals surface area contributed by atoms with Gasteiger partial charge in [-0.15, -0.1) is 11.3 Å². The Morgan fingerprint density at radius 2 is 1.17 bits per heavy atom. The van der Waals surface area contributed by atoms with Crippen molar-refractivity contribution in [2.75, 3.05) is 4.90 Å². The molecule has 9 aromatic rings. The Kier molecular flexibility index (Phi) is 5.25. The third kappa shape index (κ3) is 3.58. The Morgan fingerprint density at radius 3 is 2.11 bits per heavy atom. The lowest BCUT2D eigenvalue weighted by atomic mass is 9.82. The zero-order valence-electron chi connectivity index (χ0n) is 25.5. The number of benzene rings is 7. The molecular weight excluding hydrogens is 579 g/mol. The molecule has 0 aliphatic heterocycles. The molecule has 0 amide bonds. The zero-order valence-corrected chi connectivity index (χ0v) is 26.4. The van der Waals surface area contributed by atoms with Crippen LogP contribution in [0.15, 0.2) is 144 Å². The number of anilines is 3. The summed E-state index contributed by atoms with van der Waals surface area (Å²) in [6, 6.07) is 51.1.